The van der Waals surface area contributed by atoms with Crippen molar-refractivity contribution in [3.05, 3.63) is 0 Å². The zero-order valence-corrected chi connectivity index (χ0v) is 12.9. The van der Waals surface area contributed by atoms with Crippen molar-refractivity contribution in [1.82, 2.24) is 10.2 Å². The van der Waals surface area contributed by atoms with Crippen molar-refractivity contribution in [1.29, 1.82) is 0 Å². The molecule has 4 nitrogen and oxygen atoms in total. The first kappa shape index (κ1) is 16.9. The van der Waals surface area contributed by atoms with Gasteiger partial charge in [-0.2, -0.15) is 0 Å². The van der Waals surface area contributed by atoms with Gasteiger partial charge in [0.25, 0.3) is 0 Å². The molecule has 114 valence electrons. The van der Waals surface area contributed by atoms with Gasteiger partial charge in [0.2, 0.25) is 0 Å². The second kappa shape index (κ2) is 8.90. The SMILES string of the molecule is CCCNC1CC(CC(O)C(C)C)CN(CCN)C1. The van der Waals surface area contributed by atoms with E-state index in [1.54, 1.807) is 0 Å². The fraction of sp³-hybridized carbons (Fsp3) is 1.00. The van der Waals surface area contributed by atoms with E-state index in [2.05, 4.69) is 31.0 Å². The van der Waals surface area contributed by atoms with E-state index >= 15 is 0 Å². The molecule has 0 aromatic carbocycles. The van der Waals surface area contributed by atoms with E-state index in [0.29, 0.717) is 17.9 Å². The minimum Gasteiger partial charge on any atom is -0.393 e. The van der Waals surface area contributed by atoms with Crippen LogP contribution in [0.15, 0.2) is 0 Å². The Balaban J connectivity index is 2.49. The van der Waals surface area contributed by atoms with Crippen LogP contribution in [0, 0.1) is 11.8 Å². The Morgan fingerprint density at radius 2 is 2.11 bits per heavy atom. The number of likely N-dealkylation sites (tertiary alicyclic amines) is 1. The van der Waals surface area contributed by atoms with Gasteiger partial charge in [-0.1, -0.05) is 20.8 Å². The fourth-order valence-electron chi connectivity index (χ4n) is 2.95. The summed E-state index contributed by atoms with van der Waals surface area (Å²) in [7, 11) is 0. The Bertz CT molecular complexity index is 235. The molecule has 4 N–H and O–H groups in total. The Morgan fingerprint density at radius 1 is 1.37 bits per heavy atom. The normalized spacial score (nSPS) is 26.8. The van der Waals surface area contributed by atoms with Gasteiger partial charge >= 0.3 is 0 Å². The smallest absolute Gasteiger partial charge is 0.0566 e. The van der Waals surface area contributed by atoms with Gasteiger partial charge in [0.05, 0.1) is 6.10 Å². The molecule has 0 amide bonds. The lowest BCUT2D eigenvalue weighted by molar-refractivity contribution is 0.0626. The molecule has 0 aliphatic carbocycles. The van der Waals surface area contributed by atoms with E-state index in [1.165, 1.54) is 12.8 Å². The topological polar surface area (TPSA) is 61.5 Å². The quantitative estimate of drug-likeness (QED) is 0.617. The number of piperidine rings is 1. The molecule has 0 radical (unpaired) electrons. The maximum atomic E-state index is 10.1. The highest BCUT2D eigenvalue weighted by Gasteiger charge is 2.28. The highest BCUT2D eigenvalue weighted by molar-refractivity contribution is 4.85. The van der Waals surface area contributed by atoms with Crippen LogP contribution in [-0.2, 0) is 0 Å². The van der Waals surface area contributed by atoms with Crippen molar-refractivity contribution in [2.45, 2.75) is 52.2 Å². The van der Waals surface area contributed by atoms with E-state index in [-0.39, 0.29) is 6.10 Å². The molecular formula is C15H33N3O. The molecule has 0 bridgehead atoms. The van der Waals surface area contributed by atoms with Crippen LogP contribution in [0.1, 0.15) is 40.0 Å². The molecule has 3 atom stereocenters. The lowest BCUT2D eigenvalue weighted by atomic mass is 9.86. The van der Waals surface area contributed by atoms with Gasteiger partial charge in [-0.25, -0.2) is 0 Å². The Morgan fingerprint density at radius 3 is 2.68 bits per heavy atom. The summed E-state index contributed by atoms with van der Waals surface area (Å²) in [6, 6.07) is 0.560. The maximum Gasteiger partial charge on any atom is 0.0566 e. The number of aliphatic hydroxyl groups is 1. The van der Waals surface area contributed by atoms with Gasteiger partial charge in [-0.3, -0.25) is 0 Å². The predicted molar refractivity (Wildman–Crippen MR) is 81.1 cm³/mol. The largest absolute Gasteiger partial charge is 0.393 e. The summed E-state index contributed by atoms with van der Waals surface area (Å²) in [4.78, 5) is 2.45. The molecule has 0 aromatic heterocycles. The minimum atomic E-state index is -0.172. The second-order valence-electron chi connectivity index (χ2n) is 6.35. The molecule has 1 rings (SSSR count). The summed E-state index contributed by atoms with van der Waals surface area (Å²) in [6.07, 6.45) is 3.11. The minimum absolute atomic E-state index is 0.172. The first-order valence-electron chi connectivity index (χ1n) is 7.90. The van der Waals surface area contributed by atoms with Gasteiger partial charge in [0.15, 0.2) is 0 Å². The van der Waals surface area contributed by atoms with Crippen molar-refractivity contribution in [3.8, 4) is 0 Å². The molecule has 0 saturated carbocycles. The molecule has 0 spiro atoms. The van der Waals surface area contributed by atoms with Crippen molar-refractivity contribution in [2.24, 2.45) is 17.6 Å². The maximum absolute atomic E-state index is 10.1. The monoisotopic (exact) mass is 271 g/mol. The lowest BCUT2D eigenvalue weighted by Crippen LogP contribution is -2.51. The van der Waals surface area contributed by atoms with Crippen LogP contribution in [0.3, 0.4) is 0 Å². The number of hydrogen-bond donors (Lipinski definition) is 3. The van der Waals surface area contributed by atoms with Gasteiger partial charge < -0.3 is 21.1 Å². The highest BCUT2D eigenvalue weighted by atomic mass is 16.3. The summed E-state index contributed by atoms with van der Waals surface area (Å²) >= 11 is 0. The Hall–Kier alpha value is -0.160. The summed E-state index contributed by atoms with van der Waals surface area (Å²) < 4.78 is 0. The molecule has 3 unspecified atom stereocenters. The van der Waals surface area contributed by atoms with Crippen LogP contribution in [0.2, 0.25) is 0 Å². The molecule has 1 aliphatic rings. The number of rotatable bonds is 8. The first-order valence-corrected chi connectivity index (χ1v) is 7.90. The molecule has 19 heavy (non-hydrogen) atoms. The van der Waals surface area contributed by atoms with Gasteiger partial charge in [0, 0.05) is 32.2 Å². The molecular weight excluding hydrogens is 238 g/mol. The van der Waals surface area contributed by atoms with E-state index in [1.807, 2.05) is 0 Å². The molecule has 1 aliphatic heterocycles. The molecule has 1 saturated heterocycles. The van der Waals surface area contributed by atoms with Gasteiger partial charge in [0.1, 0.15) is 0 Å². The zero-order valence-electron chi connectivity index (χ0n) is 12.9. The van der Waals surface area contributed by atoms with Crippen molar-refractivity contribution in [3.63, 3.8) is 0 Å². The number of nitrogens with one attached hydrogen (secondary N) is 1. The molecule has 0 aromatic rings. The zero-order chi connectivity index (χ0) is 14.3. The number of hydrogen-bond acceptors (Lipinski definition) is 4. The van der Waals surface area contributed by atoms with E-state index < -0.39 is 0 Å². The van der Waals surface area contributed by atoms with Crippen molar-refractivity contribution in [2.75, 3.05) is 32.7 Å². The number of nitrogens with zero attached hydrogens (tertiary/aromatic N) is 1. The third kappa shape index (κ3) is 6.21. The number of aliphatic hydroxyl groups excluding tert-OH is 1. The van der Waals surface area contributed by atoms with Crippen LogP contribution < -0.4 is 11.1 Å². The molecule has 4 heteroatoms. The van der Waals surface area contributed by atoms with E-state index in [0.717, 1.165) is 39.1 Å². The van der Waals surface area contributed by atoms with Crippen LogP contribution in [-0.4, -0.2) is 54.9 Å². The fourth-order valence-corrected chi connectivity index (χ4v) is 2.95. The van der Waals surface area contributed by atoms with E-state index in [4.69, 9.17) is 5.73 Å². The first-order chi connectivity index (χ1) is 9.06. The van der Waals surface area contributed by atoms with Crippen LogP contribution in [0.4, 0.5) is 0 Å². The Labute approximate surface area is 118 Å². The second-order valence-corrected chi connectivity index (χ2v) is 6.35. The average molecular weight is 271 g/mol. The third-order valence-corrected chi connectivity index (χ3v) is 4.09. The number of nitrogens with two attached hydrogens (primary N) is 1. The standard InChI is InChI=1S/C15H33N3O/c1-4-6-17-14-8-13(9-15(19)12(2)3)10-18(11-14)7-5-16/h12-15,17,19H,4-11,16H2,1-3H3. The van der Waals surface area contributed by atoms with Crippen LogP contribution >= 0.6 is 0 Å². The van der Waals surface area contributed by atoms with Gasteiger partial charge in [-0.15, -0.1) is 0 Å². The van der Waals surface area contributed by atoms with E-state index in [9.17, 15) is 5.11 Å². The highest BCUT2D eigenvalue weighted by Crippen LogP contribution is 2.23. The average Bonchev–Trinajstić information content (AvgIpc) is 2.36. The molecule has 1 fully saturated rings. The predicted octanol–water partition coefficient (Wildman–Crippen LogP) is 1.04. The lowest BCUT2D eigenvalue weighted by Gasteiger charge is -2.39. The van der Waals surface area contributed by atoms with Gasteiger partial charge in [-0.05, 0) is 37.6 Å². The Kier molecular flexibility index (Phi) is 7.91. The summed E-state index contributed by atoms with van der Waals surface area (Å²) in [5.41, 5.74) is 5.69. The van der Waals surface area contributed by atoms with Crippen molar-refractivity contribution < 1.29 is 5.11 Å². The summed E-state index contributed by atoms with van der Waals surface area (Å²) in [5, 5.41) is 13.7. The van der Waals surface area contributed by atoms with Crippen LogP contribution in [0.5, 0.6) is 0 Å². The molecule has 1 heterocycles. The van der Waals surface area contributed by atoms with Crippen molar-refractivity contribution >= 4 is 0 Å². The summed E-state index contributed by atoms with van der Waals surface area (Å²) in [6.45, 7) is 11.4. The van der Waals surface area contributed by atoms with Crippen LogP contribution in [0.25, 0.3) is 0 Å². The third-order valence-electron chi connectivity index (χ3n) is 4.09. The summed E-state index contributed by atoms with van der Waals surface area (Å²) in [5.74, 6) is 0.944.